The summed E-state index contributed by atoms with van der Waals surface area (Å²) >= 11 is 0. The van der Waals surface area contributed by atoms with E-state index in [1.807, 2.05) is 41.6 Å². The van der Waals surface area contributed by atoms with Gasteiger partial charge < -0.3 is 10.2 Å². The van der Waals surface area contributed by atoms with Crippen LogP contribution in [0.1, 0.15) is 29.5 Å². The summed E-state index contributed by atoms with van der Waals surface area (Å²) in [5.74, 6) is 0.827. The van der Waals surface area contributed by atoms with Crippen molar-refractivity contribution < 1.29 is 0 Å². The first-order chi connectivity index (χ1) is 13.2. The highest BCUT2D eigenvalue weighted by Crippen LogP contribution is 2.22. The summed E-state index contributed by atoms with van der Waals surface area (Å²) in [4.78, 5) is 11.1. The third-order valence-electron chi connectivity index (χ3n) is 5.17. The molecule has 4 rings (SSSR count). The molecule has 1 saturated heterocycles. The van der Waals surface area contributed by atoms with E-state index < -0.39 is 0 Å². The summed E-state index contributed by atoms with van der Waals surface area (Å²) in [6.45, 7) is 7.10. The summed E-state index contributed by atoms with van der Waals surface area (Å²) in [6, 6.07) is 8.71. The molecule has 0 spiro atoms. The van der Waals surface area contributed by atoms with Crippen molar-refractivity contribution in [3.8, 4) is 5.69 Å². The van der Waals surface area contributed by atoms with Crippen LogP contribution in [0.4, 0.5) is 5.95 Å². The lowest BCUT2D eigenvalue weighted by Gasteiger charge is -2.33. The number of piperidine rings is 1. The Kier molecular flexibility index (Phi) is 5.16. The molecule has 0 saturated carbocycles. The molecule has 0 aliphatic carbocycles. The molecule has 1 fully saturated rings. The number of aryl methyl sites for hydroxylation is 2. The molecule has 6 nitrogen and oxygen atoms in total. The van der Waals surface area contributed by atoms with Crippen molar-refractivity contribution in [3.63, 3.8) is 0 Å². The van der Waals surface area contributed by atoms with Gasteiger partial charge in [-0.1, -0.05) is 6.07 Å². The summed E-state index contributed by atoms with van der Waals surface area (Å²) in [6.07, 6.45) is 9.78. The lowest BCUT2D eigenvalue weighted by Crippen LogP contribution is -2.46. The predicted octanol–water partition coefficient (Wildman–Crippen LogP) is 3.04. The summed E-state index contributed by atoms with van der Waals surface area (Å²) in [7, 11) is 0. The van der Waals surface area contributed by atoms with E-state index >= 15 is 0 Å². The van der Waals surface area contributed by atoms with Gasteiger partial charge in [0, 0.05) is 50.5 Å². The minimum atomic E-state index is 0.425. The summed E-state index contributed by atoms with van der Waals surface area (Å²) in [5.41, 5.74) is 5.01. The first-order valence-electron chi connectivity index (χ1n) is 9.56. The van der Waals surface area contributed by atoms with Crippen molar-refractivity contribution >= 4 is 5.95 Å². The number of nitrogens with one attached hydrogen (secondary N) is 1. The number of nitrogens with zero attached hydrogens (tertiary/aromatic N) is 5. The average molecular weight is 362 g/mol. The topological polar surface area (TPSA) is 58.9 Å². The van der Waals surface area contributed by atoms with Crippen LogP contribution in [0.3, 0.4) is 0 Å². The van der Waals surface area contributed by atoms with E-state index in [1.54, 1.807) is 0 Å². The van der Waals surface area contributed by atoms with E-state index in [4.69, 9.17) is 0 Å². The quantitative estimate of drug-likeness (QED) is 0.756. The number of hydrogen-bond acceptors (Lipinski definition) is 5. The largest absolute Gasteiger partial charge is 0.339 e. The van der Waals surface area contributed by atoms with Crippen molar-refractivity contribution in [2.75, 3.05) is 18.0 Å². The minimum absolute atomic E-state index is 0.425. The van der Waals surface area contributed by atoms with Crippen LogP contribution in [-0.4, -0.2) is 38.9 Å². The molecule has 3 heterocycles. The zero-order valence-electron chi connectivity index (χ0n) is 16.0. The van der Waals surface area contributed by atoms with Gasteiger partial charge in [0.15, 0.2) is 0 Å². The molecular weight excluding hydrogens is 336 g/mol. The fourth-order valence-electron chi connectivity index (χ4n) is 3.85. The standard InChI is InChI=1S/C21H26N6/c1-16-12-17(2)19(20(13-16)27-11-5-9-25-27)14-24-18-6-3-10-26(15-18)21-22-7-4-8-23-21/h4-5,7-9,11-13,18,24H,3,6,10,14-15H2,1-2H3. The molecule has 2 aromatic heterocycles. The lowest BCUT2D eigenvalue weighted by molar-refractivity contribution is 0.417. The number of anilines is 1. The molecule has 6 heteroatoms. The summed E-state index contributed by atoms with van der Waals surface area (Å²) in [5, 5.41) is 8.20. The third kappa shape index (κ3) is 4.01. The van der Waals surface area contributed by atoms with Crippen molar-refractivity contribution in [2.24, 2.45) is 0 Å². The Morgan fingerprint density at radius 2 is 1.96 bits per heavy atom. The van der Waals surface area contributed by atoms with E-state index in [1.165, 1.54) is 23.1 Å². The predicted molar refractivity (Wildman–Crippen MR) is 107 cm³/mol. The second kappa shape index (κ2) is 7.88. The smallest absolute Gasteiger partial charge is 0.225 e. The summed E-state index contributed by atoms with van der Waals surface area (Å²) < 4.78 is 1.96. The Hall–Kier alpha value is -2.73. The minimum Gasteiger partial charge on any atom is -0.339 e. The zero-order chi connectivity index (χ0) is 18.6. The van der Waals surface area contributed by atoms with Crippen LogP contribution in [0.2, 0.25) is 0 Å². The van der Waals surface area contributed by atoms with Crippen molar-refractivity contribution in [3.05, 3.63) is 65.7 Å². The van der Waals surface area contributed by atoms with Crippen LogP contribution in [0.25, 0.3) is 5.69 Å². The van der Waals surface area contributed by atoms with Crippen LogP contribution in [0, 0.1) is 13.8 Å². The van der Waals surface area contributed by atoms with Crippen LogP contribution in [-0.2, 0) is 6.54 Å². The van der Waals surface area contributed by atoms with Gasteiger partial charge in [0.2, 0.25) is 5.95 Å². The van der Waals surface area contributed by atoms with E-state index in [2.05, 4.69) is 51.3 Å². The van der Waals surface area contributed by atoms with Crippen molar-refractivity contribution in [2.45, 2.75) is 39.3 Å². The first kappa shape index (κ1) is 17.7. The number of aromatic nitrogens is 4. The molecule has 27 heavy (non-hydrogen) atoms. The molecule has 1 atom stereocenters. The Balaban J connectivity index is 1.49. The van der Waals surface area contributed by atoms with Gasteiger partial charge in [0.1, 0.15) is 0 Å². The zero-order valence-corrected chi connectivity index (χ0v) is 16.0. The fourth-order valence-corrected chi connectivity index (χ4v) is 3.85. The maximum atomic E-state index is 4.44. The van der Waals surface area contributed by atoms with Gasteiger partial charge in [-0.15, -0.1) is 0 Å². The van der Waals surface area contributed by atoms with Gasteiger partial charge in [-0.25, -0.2) is 14.6 Å². The molecule has 0 radical (unpaired) electrons. The Bertz CT molecular complexity index is 875. The number of hydrogen-bond donors (Lipinski definition) is 1. The highest BCUT2D eigenvalue weighted by atomic mass is 15.3. The molecule has 3 aromatic rings. The van der Waals surface area contributed by atoms with Gasteiger partial charge >= 0.3 is 0 Å². The fraction of sp³-hybridized carbons (Fsp3) is 0.381. The highest BCUT2D eigenvalue weighted by Gasteiger charge is 2.22. The van der Waals surface area contributed by atoms with Crippen LogP contribution in [0.5, 0.6) is 0 Å². The van der Waals surface area contributed by atoms with E-state index in [-0.39, 0.29) is 0 Å². The van der Waals surface area contributed by atoms with Crippen LogP contribution < -0.4 is 10.2 Å². The maximum absolute atomic E-state index is 4.44. The maximum Gasteiger partial charge on any atom is 0.225 e. The van der Waals surface area contributed by atoms with Gasteiger partial charge in [-0.3, -0.25) is 0 Å². The van der Waals surface area contributed by atoms with Crippen molar-refractivity contribution in [1.82, 2.24) is 25.1 Å². The third-order valence-corrected chi connectivity index (χ3v) is 5.17. The average Bonchev–Trinajstić information content (AvgIpc) is 3.22. The number of benzene rings is 1. The second-order valence-electron chi connectivity index (χ2n) is 7.24. The molecule has 1 aliphatic rings. The highest BCUT2D eigenvalue weighted by molar-refractivity contribution is 5.48. The van der Waals surface area contributed by atoms with E-state index in [0.29, 0.717) is 6.04 Å². The van der Waals surface area contributed by atoms with E-state index in [9.17, 15) is 0 Å². The number of rotatable bonds is 5. The molecular formula is C21H26N6. The molecule has 0 bridgehead atoms. The lowest BCUT2D eigenvalue weighted by atomic mass is 10.0. The molecule has 0 amide bonds. The Morgan fingerprint density at radius 3 is 2.74 bits per heavy atom. The Morgan fingerprint density at radius 1 is 1.11 bits per heavy atom. The van der Waals surface area contributed by atoms with E-state index in [0.717, 1.165) is 37.7 Å². The van der Waals surface area contributed by atoms with Gasteiger partial charge in [-0.05, 0) is 61.6 Å². The molecule has 1 N–H and O–H groups in total. The second-order valence-corrected chi connectivity index (χ2v) is 7.24. The van der Waals surface area contributed by atoms with Gasteiger partial charge in [0.05, 0.1) is 5.69 Å². The first-order valence-corrected chi connectivity index (χ1v) is 9.56. The van der Waals surface area contributed by atoms with Crippen molar-refractivity contribution in [1.29, 1.82) is 0 Å². The monoisotopic (exact) mass is 362 g/mol. The Labute approximate surface area is 160 Å². The van der Waals surface area contributed by atoms with Gasteiger partial charge in [0.25, 0.3) is 0 Å². The van der Waals surface area contributed by atoms with Crippen LogP contribution >= 0.6 is 0 Å². The molecule has 140 valence electrons. The SMILES string of the molecule is Cc1cc(C)c(CNC2CCCN(c3ncccn3)C2)c(-n2cccn2)c1. The van der Waals surface area contributed by atoms with Gasteiger partial charge in [-0.2, -0.15) is 5.10 Å². The normalized spacial score (nSPS) is 17.3. The molecule has 1 aliphatic heterocycles. The van der Waals surface area contributed by atoms with Crippen LogP contribution in [0.15, 0.2) is 49.1 Å². The molecule has 1 aromatic carbocycles. The molecule has 1 unspecified atom stereocenters.